The number of nitrogens with one attached hydrogen (secondary N) is 1. The van der Waals surface area contributed by atoms with Crippen molar-refractivity contribution >= 4 is 39.1 Å². The zero-order valence-electron chi connectivity index (χ0n) is 24.3. The van der Waals surface area contributed by atoms with Crippen LogP contribution in [-0.4, -0.2) is 70.9 Å². The number of sulfonamides is 1. The van der Waals surface area contributed by atoms with Gasteiger partial charge in [-0.1, -0.05) is 17.7 Å². The minimum atomic E-state index is -4.49. The maximum absolute atomic E-state index is 15.2. The quantitative estimate of drug-likeness (QED) is 0.406. The van der Waals surface area contributed by atoms with Gasteiger partial charge < -0.3 is 15.0 Å². The Morgan fingerprint density at radius 2 is 1.86 bits per heavy atom. The van der Waals surface area contributed by atoms with E-state index in [0.717, 1.165) is 9.87 Å². The van der Waals surface area contributed by atoms with Crippen molar-refractivity contribution in [1.29, 1.82) is 5.26 Å². The third-order valence-corrected chi connectivity index (χ3v) is 9.97. The summed E-state index contributed by atoms with van der Waals surface area (Å²) in [7, 11) is 2.11. The summed E-state index contributed by atoms with van der Waals surface area (Å²) in [4.78, 5) is 31.9. The third-order valence-electron chi connectivity index (χ3n) is 8.03. The number of halogens is 1. The van der Waals surface area contributed by atoms with Crippen LogP contribution in [0, 0.1) is 11.3 Å². The van der Waals surface area contributed by atoms with Gasteiger partial charge in [0.05, 0.1) is 35.4 Å². The number of likely N-dealkylation sites (N-methyl/N-ethyl adjacent to an activating group) is 1. The fourth-order valence-corrected chi connectivity index (χ4v) is 7.79. The molecule has 1 saturated heterocycles. The number of ether oxygens (including phenoxy) is 1. The van der Waals surface area contributed by atoms with Gasteiger partial charge in [0.1, 0.15) is 5.75 Å². The maximum Gasteiger partial charge on any atom is 0.271 e. The van der Waals surface area contributed by atoms with Crippen LogP contribution in [0.2, 0.25) is 5.02 Å². The van der Waals surface area contributed by atoms with E-state index in [0.29, 0.717) is 47.8 Å². The van der Waals surface area contributed by atoms with Crippen LogP contribution >= 0.6 is 11.6 Å². The molecule has 0 spiro atoms. The van der Waals surface area contributed by atoms with Gasteiger partial charge in [0.15, 0.2) is 5.54 Å². The van der Waals surface area contributed by atoms with E-state index in [2.05, 4.69) is 5.32 Å². The number of hydrogen-bond donors (Lipinski definition) is 1. The van der Waals surface area contributed by atoms with Crippen LogP contribution < -0.4 is 14.4 Å². The second-order valence-electron chi connectivity index (χ2n) is 10.7. The highest BCUT2D eigenvalue weighted by Crippen LogP contribution is 2.55. The number of carbonyl (C=O) groups excluding carboxylic acids is 2. The highest BCUT2D eigenvalue weighted by Gasteiger charge is 2.63. The smallest absolute Gasteiger partial charge is 0.271 e. The molecule has 0 saturated carbocycles. The number of nitrogens with zero attached hydrogens (tertiary/aromatic N) is 4. The highest BCUT2D eigenvalue weighted by molar-refractivity contribution is 7.93. The zero-order chi connectivity index (χ0) is 31.1. The molecule has 0 radical (unpaired) electrons. The number of amides is 2. The van der Waals surface area contributed by atoms with Crippen LogP contribution in [0.3, 0.4) is 0 Å². The van der Waals surface area contributed by atoms with Crippen molar-refractivity contribution in [3.63, 3.8) is 0 Å². The van der Waals surface area contributed by atoms with Crippen LogP contribution in [0.15, 0.2) is 65.6 Å². The number of anilines is 1. The van der Waals surface area contributed by atoms with Crippen molar-refractivity contribution in [2.75, 3.05) is 39.1 Å². The molecule has 0 bridgehead atoms. The van der Waals surface area contributed by atoms with E-state index < -0.39 is 27.5 Å². The van der Waals surface area contributed by atoms with E-state index in [-0.39, 0.29) is 22.1 Å². The van der Waals surface area contributed by atoms with E-state index in [1.807, 2.05) is 23.1 Å². The van der Waals surface area contributed by atoms with Crippen molar-refractivity contribution in [3.8, 4) is 11.8 Å². The molecule has 0 aromatic heterocycles. The summed E-state index contributed by atoms with van der Waals surface area (Å²) in [6.07, 6.45) is 1.08. The van der Waals surface area contributed by atoms with Crippen molar-refractivity contribution in [2.24, 2.45) is 0 Å². The topological polar surface area (TPSA) is 123 Å². The normalized spacial score (nSPS) is 20.1. The Bertz CT molecular complexity index is 1740. The van der Waals surface area contributed by atoms with E-state index in [9.17, 15) is 18.5 Å². The lowest BCUT2D eigenvalue weighted by Gasteiger charge is -2.42. The van der Waals surface area contributed by atoms with Crippen molar-refractivity contribution < 1.29 is 22.7 Å². The summed E-state index contributed by atoms with van der Waals surface area (Å²) < 4.78 is 35.3. The fraction of sp³-hybridized carbons (Fsp3) is 0.323. The van der Waals surface area contributed by atoms with Gasteiger partial charge >= 0.3 is 0 Å². The molecule has 43 heavy (non-hydrogen) atoms. The molecule has 10 nitrogen and oxygen atoms in total. The summed E-state index contributed by atoms with van der Waals surface area (Å²) in [5.74, 6) is -0.612. The van der Waals surface area contributed by atoms with Crippen LogP contribution in [-0.2, 0) is 31.7 Å². The highest BCUT2D eigenvalue weighted by atomic mass is 35.5. The SMILES string of the molecule is CNCc1ccc(OC)c([C@]2(N3CCCC3C(=O)N(C)C)C(=O)N(S(=O)(=O)c3ccc(C#N)cc3)c3ccc(Cl)cc32)c1. The molecule has 3 aromatic carbocycles. The van der Waals surface area contributed by atoms with Crippen LogP contribution in [0.1, 0.15) is 35.1 Å². The lowest BCUT2D eigenvalue weighted by molar-refractivity contribution is -0.138. The molecule has 2 aliphatic rings. The molecule has 224 valence electrons. The molecule has 12 heteroatoms. The maximum atomic E-state index is 15.2. The van der Waals surface area contributed by atoms with Gasteiger partial charge in [-0.15, -0.1) is 0 Å². The minimum absolute atomic E-state index is 0.128. The molecule has 1 fully saturated rings. The Labute approximate surface area is 256 Å². The average Bonchev–Trinajstić information content (AvgIpc) is 3.57. The number of methoxy groups -OCH3 is 1. The summed E-state index contributed by atoms with van der Waals surface area (Å²) in [5.41, 5.74) is 0.205. The second kappa shape index (κ2) is 11.6. The molecular weight excluding hydrogens is 590 g/mol. The Morgan fingerprint density at radius 3 is 2.49 bits per heavy atom. The molecule has 2 atom stereocenters. The lowest BCUT2D eigenvalue weighted by Crippen LogP contribution is -2.59. The van der Waals surface area contributed by atoms with Gasteiger partial charge in [-0.05, 0) is 80.1 Å². The molecule has 2 amide bonds. The molecular formula is C31H32ClN5O5S. The Kier molecular flexibility index (Phi) is 8.24. The number of benzene rings is 3. The summed E-state index contributed by atoms with van der Waals surface area (Å²) in [6.45, 7) is 0.809. The van der Waals surface area contributed by atoms with Gasteiger partial charge in [0.25, 0.3) is 15.9 Å². The monoisotopic (exact) mass is 621 g/mol. The largest absolute Gasteiger partial charge is 0.496 e. The molecule has 1 unspecified atom stereocenters. The predicted molar refractivity (Wildman–Crippen MR) is 162 cm³/mol. The van der Waals surface area contributed by atoms with Gasteiger partial charge in [-0.25, -0.2) is 12.7 Å². The number of carbonyl (C=O) groups is 2. The Balaban J connectivity index is 1.87. The minimum Gasteiger partial charge on any atom is -0.496 e. The van der Waals surface area contributed by atoms with Crippen molar-refractivity contribution in [3.05, 3.63) is 87.9 Å². The predicted octanol–water partition coefficient (Wildman–Crippen LogP) is 3.47. The van der Waals surface area contributed by atoms with E-state index in [1.54, 1.807) is 33.3 Å². The Morgan fingerprint density at radius 1 is 1.14 bits per heavy atom. The average molecular weight is 622 g/mol. The molecule has 0 aliphatic carbocycles. The second-order valence-corrected chi connectivity index (χ2v) is 13.0. The van der Waals surface area contributed by atoms with Crippen LogP contribution in [0.25, 0.3) is 0 Å². The van der Waals surface area contributed by atoms with E-state index >= 15 is 4.79 Å². The number of rotatable bonds is 8. The van der Waals surface area contributed by atoms with Crippen molar-refractivity contribution in [1.82, 2.24) is 15.1 Å². The molecule has 5 rings (SSSR count). The van der Waals surface area contributed by atoms with Crippen LogP contribution in [0.4, 0.5) is 5.69 Å². The summed E-state index contributed by atoms with van der Waals surface area (Å²) in [5, 5.41) is 12.7. The fourth-order valence-electron chi connectivity index (χ4n) is 6.16. The number of fused-ring (bicyclic) bond motifs is 1. The van der Waals surface area contributed by atoms with E-state index in [4.69, 9.17) is 16.3 Å². The number of likely N-dealkylation sites (tertiary alicyclic amines) is 1. The van der Waals surface area contributed by atoms with Gasteiger partial charge in [0.2, 0.25) is 5.91 Å². The molecule has 1 N–H and O–H groups in total. The van der Waals surface area contributed by atoms with E-state index in [1.165, 1.54) is 48.4 Å². The molecule has 2 heterocycles. The molecule has 3 aromatic rings. The first-order valence-corrected chi connectivity index (χ1v) is 15.5. The molecule has 2 aliphatic heterocycles. The Hall–Kier alpha value is -3.95. The van der Waals surface area contributed by atoms with Gasteiger partial charge in [0, 0.05) is 43.3 Å². The summed E-state index contributed by atoms with van der Waals surface area (Å²) >= 11 is 6.56. The van der Waals surface area contributed by atoms with Crippen LogP contribution in [0.5, 0.6) is 5.75 Å². The number of hydrogen-bond acceptors (Lipinski definition) is 8. The number of nitriles is 1. The third kappa shape index (κ3) is 4.84. The lowest BCUT2D eigenvalue weighted by atomic mass is 9.80. The standard InChI is InChI=1S/C31H32ClN5O5S/c1-34-19-21-9-14-28(42-4)25(16-21)31(36-15-5-6-27(36)29(38)35(2)3)24-17-22(32)10-13-26(24)37(30(31)39)43(40,41)23-11-7-20(18-33)8-12-23/h7-14,16-17,27,34H,5-6,15,19H2,1-4H3/t27?,31-/m0/s1. The first kappa shape index (κ1) is 30.5. The summed E-state index contributed by atoms with van der Waals surface area (Å²) in [6, 6.07) is 16.7. The first-order valence-electron chi connectivity index (χ1n) is 13.7. The van der Waals surface area contributed by atoms with Crippen molar-refractivity contribution in [2.45, 2.75) is 35.9 Å². The van der Waals surface area contributed by atoms with Gasteiger partial charge in [-0.2, -0.15) is 5.26 Å². The van der Waals surface area contributed by atoms with Gasteiger partial charge in [-0.3, -0.25) is 14.5 Å². The first-order chi connectivity index (χ1) is 20.5. The zero-order valence-corrected chi connectivity index (χ0v) is 25.9.